The minimum Gasteiger partial charge on any atom is -0.370 e. The van der Waals surface area contributed by atoms with Crippen molar-refractivity contribution in [3.05, 3.63) is 29.8 Å². The molecule has 0 heterocycles. The number of guanidine groups is 1. The first-order valence-electron chi connectivity index (χ1n) is 5.57. The Hall–Kier alpha value is -0.870. The largest absolute Gasteiger partial charge is 0.370 e. The molecular formula is C11H19IN4O2S. The summed E-state index contributed by atoms with van der Waals surface area (Å²) in [6.45, 7) is 2.10. The van der Waals surface area contributed by atoms with Crippen LogP contribution >= 0.6 is 24.0 Å². The number of primary sulfonamides is 1. The second-order valence-electron chi connectivity index (χ2n) is 3.81. The van der Waals surface area contributed by atoms with Gasteiger partial charge < -0.3 is 11.1 Å². The first-order chi connectivity index (χ1) is 8.40. The highest BCUT2D eigenvalue weighted by Crippen LogP contribution is 2.10. The molecule has 0 spiro atoms. The Labute approximate surface area is 130 Å². The molecule has 1 aromatic carbocycles. The van der Waals surface area contributed by atoms with Crippen LogP contribution in [-0.4, -0.2) is 26.7 Å². The lowest BCUT2D eigenvalue weighted by molar-refractivity contribution is 0.597. The van der Waals surface area contributed by atoms with E-state index in [2.05, 4.69) is 17.2 Å². The summed E-state index contributed by atoms with van der Waals surface area (Å²) in [4.78, 5) is 3.88. The van der Waals surface area contributed by atoms with Gasteiger partial charge >= 0.3 is 0 Å². The van der Waals surface area contributed by atoms with Gasteiger partial charge in [0.25, 0.3) is 0 Å². The summed E-state index contributed by atoms with van der Waals surface area (Å²) in [5.74, 6) is -0.0448. The molecule has 0 unspecified atom stereocenters. The van der Waals surface area contributed by atoms with Crippen molar-refractivity contribution >= 4 is 45.6 Å². The van der Waals surface area contributed by atoms with Crippen LogP contribution in [0, 0.1) is 0 Å². The highest BCUT2D eigenvalue weighted by atomic mass is 127. The van der Waals surface area contributed by atoms with Crippen LogP contribution in [0.1, 0.15) is 12.5 Å². The van der Waals surface area contributed by atoms with Gasteiger partial charge in [0.05, 0.1) is 12.3 Å². The van der Waals surface area contributed by atoms with E-state index >= 15 is 0 Å². The summed E-state index contributed by atoms with van der Waals surface area (Å²) >= 11 is 0. The maximum atomic E-state index is 10.7. The number of benzene rings is 1. The molecule has 0 amide bonds. The Kier molecular flexibility index (Phi) is 7.95. The lowest BCUT2D eigenvalue weighted by Gasteiger charge is -2.06. The zero-order valence-electron chi connectivity index (χ0n) is 10.7. The van der Waals surface area contributed by atoms with Gasteiger partial charge in [0.1, 0.15) is 0 Å². The van der Waals surface area contributed by atoms with Gasteiger partial charge in [-0.25, -0.2) is 13.6 Å². The van der Waals surface area contributed by atoms with Crippen molar-refractivity contribution in [1.82, 2.24) is 0 Å². The number of sulfonamides is 1. The lowest BCUT2D eigenvalue weighted by Crippen LogP contribution is -2.25. The van der Waals surface area contributed by atoms with Gasteiger partial charge in [-0.3, -0.25) is 4.99 Å². The van der Waals surface area contributed by atoms with Crippen molar-refractivity contribution in [3.8, 4) is 0 Å². The number of nitrogens with two attached hydrogens (primary N) is 2. The van der Waals surface area contributed by atoms with Crippen LogP contribution in [0.3, 0.4) is 0 Å². The van der Waals surface area contributed by atoms with Crippen molar-refractivity contribution in [1.29, 1.82) is 0 Å². The van der Waals surface area contributed by atoms with Crippen LogP contribution in [0.2, 0.25) is 0 Å². The van der Waals surface area contributed by atoms with Gasteiger partial charge in [-0.05, 0) is 24.1 Å². The van der Waals surface area contributed by atoms with Crippen LogP contribution in [0.5, 0.6) is 0 Å². The van der Waals surface area contributed by atoms with Crippen molar-refractivity contribution in [2.24, 2.45) is 15.9 Å². The molecule has 1 rings (SSSR count). The van der Waals surface area contributed by atoms with Gasteiger partial charge in [0, 0.05) is 5.69 Å². The third kappa shape index (κ3) is 8.01. The quantitative estimate of drug-likeness (QED) is 0.389. The first kappa shape index (κ1) is 18.1. The van der Waals surface area contributed by atoms with E-state index in [0.717, 1.165) is 12.1 Å². The maximum Gasteiger partial charge on any atom is 0.210 e. The number of aliphatic imine (C=N–C) groups is 1. The summed E-state index contributed by atoms with van der Waals surface area (Å²) in [5, 5.41) is 7.75. The molecule has 108 valence electrons. The molecule has 6 nitrogen and oxygen atoms in total. The number of rotatable bonds is 5. The molecule has 0 bridgehead atoms. The Morgan fingerprint density at radius 2 is 2.11 bits per heavy atom. The predicted octanol–water partition coefficient (Wildman–Crippen LogP) is 0.882. The molecule has 0 radical (unpaired) electrons. The zero-order chi connectivity index (χ0) is 13.6. The maximum absolute atomic E-state index is 10.7. The first-order valence-corrected chi connectivity index (χ1v) is 7.28. The second-order valence-corrected chi connectivity index (χ2v) is 5.55. The Balaban J connectivity index is 0.00000324. The molecule has 0 aliphatic carbocycles. The number of anilines is 1. The van der Waals surface area contributed by atoms with Gasteiger partial charge in [0.2, 0.25) is 10.0 Å². The summed E-state index contributed by atoms with van der Waals surface area (Å²) in [7, 11) is -3.49. The summed E-state index contributed by atoms with van der Waals surface area (Å²) in [5.41, 5.74) is 7.63. The average Bonchev–Trinajstić information content (AvgIpc) is 2.27. The second kappa shape index (κ2) is 8.33. The number of aryl methyl sites for hydroxylation is 1. The topological polar surface area (TPSA) is 111 Å². The SMILES string of the molecule is CCc1cccc(NC(N)=NCCS(N)(=O)=O)c1.I. The standard InChI is InChI=1S/C11H18N4O2S.HI/c1-2-9-4-3-5-10(8-9)15-11(12)14-6-7-18(13,16)17;/h3-5,8H,2,6-7H2,1H3,(H3,12,14,15)(H2,13,16,17);1H. The Bertz CT molecular complexity index is 531. The minimum atomic E-state index is -3.49. The van der Waals surface area contributed by atoms with Crippen molar-refractivity contribution < 1.29 is 8.42 Å². The molecule has 1 aromatic rings. The zero-order valence-corrected chi connectivity index (χ0v) is 13.8. The van der Waals surface area contributed by atoms with Gasteiger partial charge in [-0.2, -0.15) is 0 Å². The highest BCUT2D eigenvalue weighted by Gasteiger charge is 2.01. The van der Waals surface area contributed by atoms with Crippen molar-refractivity contribution in [2.75, 3.05) is 17.6 Å². The molecule has 0 fully saturated rings. The monoisotopic (exact) mass is 398 g/mol. The predicted molar refractivity (Wildman–Crippen MR) is 89.3 cm³/mol. The summed E-state index contributed by atoms with van der Waals surface area (Å²) < 4.78 is 21.4. The fraction of sp³-hybridized carbons (Fsp3) is 0.364. The molecular weight excluding hydrogens is 379 g/mol. The highest BCUT2D eigenvalue weighted by molar-refractivity contribution is 14.0. The molecule has 0 aliphatic heterocycles. The van der Waals surface area contributed by atoms with E-state index in [1.54, 1.807) is 0 Å². The fourth-order valence-corrected chi connectivity index (χ4v) is 1.70. The van der Waals surface area contributed by atoms with Crippen LogP contribution in [-0.2, 0) is 16.4 Å². The number of hydrogen-bond donors (Lipinski definition) is 3. The number of nitrogens with zero attached hydrogens (tertiary/aromatic N) is 1. The summed E-state index contributed by atoms with van der Waals surface area (Å²) in [6, 6.07) is 7.75. The van der Waals surface area contributed by atoms with Crippen LogP contribution in [0.4, 0.5) is 5.69 Å². The van der Waals surface area contributed by atoms with E-state index in [0.29, 0.717) is 0 Å². The van der Waals surface area contributed by atoms with E-state index in [1.807, 2.05) is 24.3 Å². The van der Waals surface area contributed by atoms with E-state index in [9.17, 15) is 8.42 Å². The van der Waals surface area contributed by atoms with Crippen LogP contribution < -0.4 is 16.2 Å². The molecule has 0 aliphatic rings. The fourth-order valence-electron chi connectivity index (χ4n) is 1.35. The molecule has 0 saturated heterocycles. The van der Waals surface area contributed by atoms with E-state index in [4.69, 9.17) is 10.9 Å². The van der Waals surface area contributed by atoms with Crippen LogP contribution in [0.15, 0.2) is 29.3 Å². The van der Waals surface area contributed by atoms with Gasteiger partial charge in [-0.1, -0.05) is 19.1 Å². The molecule has 0 atom stereocenters. The van der Waals surface area contributed by atoms with Crippen molar-refractivity contribution in [2.45, 2.75) is 13.3 Å². The van der Waals surface area contributed by atoms with Crippen LogP contribution in [0.25, 0.3) is 0 Å². The number of halogens is 1. The van der Waals surface area contributed by atoms with Crippen molar-refractivity contribution in [3.63, 3.8) is 0 Å². The van der Waals surface area contributed by atoms with Gasteiger partial charge in [0.15, 0.2) is 5.96 Å². The molecule has 0 aromatic heterocycles. The third-order valence-electron chi connectivity index (χ3n) is 2.27. The molecule has 5 N–H and O–H groups in total. The average molecular weight is 398 g/mol. The minimum absolute atomic E-state index is 0. The normalized spacial score (nSPS) is 11.8. The lowest BCUT2D eigenvalue weighted by atomic mass is 10.1. The Morgan fingerprint density at radius 3 is 2.68 bits per heavy atom. The molecule has 19 heavy (non-hydrogen) atoms. The number of nitrogens with one attached hydrogen (secondary N) is 1. The Morgan fingerprint density at radius 1 is 1.42 bits per heavy atom. The summed E-state index contributed by atoms with van der Waals surface area (Å²) in [6.07, 6.45) is 0.929. The third-order valence-corrected chi connectivity index (χ3v) is 3.02. The van der Waals surface area contributed by atoms with Gasteiger partial charge in [-0.15, -0.1) is 24.0 Å². The number of hydrogen-bond acceptors (Lipinski definition) is 3. The molecule has 8 heteroatoms. The van der Waals surface area contributed by atoms with E-state index in [-0.39, 0.29) is 42.2 Å². The smallest absolute Gasteiger partial charge is 0.210 e. The van der Waals surface area contributed by atoms with E-state index in [1.165, 1.54) is 5.56 Å². The van der Waals surface area contributed by atoms with E-state index < -0.39 is 10.0 Å². The molecule has 0 saturated carbocycles.